The molecule has 1 amide bonds. The molecule has 3 rings (SSSR count). The summed E-state index contributed by atoms with van der Waals surface area (Å²) in [5.74, 6) is 0.0298. The standard InChI is InChI=1S/C18H27F2N3O3/c1-11(2)15-8-12(24)10-18(26-15)4-6-23(7-5-18)17(25)14-9-13(16(19)20)21-22(14)3/h9,11-12,15-16,24H,4-8,10H2,1-3H3/t12-,15-/m1/s1. The predicted octanol–water partition coefficient (Wildman–Crippen LogP) is 2.53. The largest absolute Gasteiger partial charge is 0.393 e. The van der Waals surface area contributed by atoms with Crippen molar-refractivity contribution in [3.8, 4) is 0 Å². The number of hydrogen-bond donors (Lipinski definition) is 1. The van der Waals surface area contributed by atoms with E-state index in [4.69, 9.17) is 4.74 Å². The Kier molecular flexibility index (Phi) is 5.35. The number of halogens is 2. The highest BCUT2D eigenvalue weighted by Crippen LogP contribution is 2.39. The highest BCUT2D eigenvalue weighted by molar-refractivity contribution is 5.92. The molecule has 0 unspecified atom stereocenters. The molecule has 1 spiro atoms. The van der Waals surface area contributed by atoms with E-state index in [-0.39, 0.29) is 29.5 Å². The van der Waals surface area contributed by atoms with Gasteiger partial charge in [-0.2, -0.15) is 5.10 Å². The number of aliphatic hydroxyl groups is 1. The Bertz CT molecular complexity index is 654. The Morgan fingerprint density at radius 3 is 2.58 bits per heavy atom. The molecule has 2 saturated heterocycles. The average molecular weight is 371 g/mol. The van der Waals surface area contributed by atoms with Gasteiger partial charge in [0.15, 0.2) is 0 Å². The summed E-state index contributed by atoms with van der Waals surface area (Å²) < 4.78 is 33.1. The first-order valence-electron chi connectivity index (χ1n) is 9.18. The van der Waals surface area contributed by atoms with Crippen molar-refractivity contribution in [2.24, 2.45) is 13.0 Å². The van der Waals surface area contributed by atoms with Crippen LogP contribution in [0.2, 0.25) is 0 Å². The van der Waals surface area contributed by atoms with Crippen LogP contribution in [-0.2, 0) is 11.8 Å². The molecule has 8 heteroatoms. The summed E-state index contributed by atoms with van der Waals surface area (Å²) >= 11 is 0. The maximum atomic E-state index is 12.8. The third kappa shape index (κ3) is 3.76. The fourth-order valence-electron chi connectivity index (χ4n) is 4.00. The fourth-order valence-corrected chi connectivity index (χ4v) is 4.00. The summed E-state index contributed by atoms with van der Waals surface area (Å²) in [5.41, 5.74) is -0.618. The van der Waals surface area contributed by atoms with Gasteiger partial charge in [0.25, 0.3) is 12.3 Å². The second kappa shape index (κ2) is 7.23. The quantitative estimate of drug-likeness (QED) is 0.887. The second-order valence-corrected chi connectivity index (χ2v) is 7.85. The van der Waals surface area contributed by atoms with Gasteiger partial charge in [0.05, 0.1) is 17.8 Å². The van der Waals surface area contributed by atoms with Crippen LogP contribution in [0.1, 0.15) is 62.1 Å². The van der Waals surface area contributed by atoms with Crippen LogP contribution in [0.5, 0.6) is 0 Å². The molecule has 3 heterocycles. The van der Waals surface area contributed by atoms with Crippen molar-refractivity contribution in [1.82, 2.24) is 14.7 Å². The monoisotopic (exact) mass is 371 g/mol. The van der Waals surface area contributed by atoms with Crippen LogP contribution < -0.4 is 0 Å². The number of piperidine rings is 1. The minimum Gasteiger partial charge on any atom is -0.393 e. The maximum Gasteiger partial charge on any atom is 0.282 e. The summed E-state index contributed by atoms with van der Waals surface area (Å²) in [7, 11) is 1.50. The molecule has 1 aromatic heterocycles. The zero-order chi connectivity index (χ0) is 19.1. The smallest absolute Gasteiger partial charge is 0.282 e. The molecule has 0 radical (unpaired) electrons. The first-order valence-corrected chi connectivity index (χ1v) is 9.18. The van der Waals surface area contributed by atoms with Crippen LogP contribution in [0.3, 0.4) is 0 Å². The number of ether oxygens (including phenoxy) is 1. The van der Waals surface area contributed by atoms with E-state index in [1.165, 1.54) is 11.7 Å². The Labute approximate surface area is 152 Å². The normalized spacial score (nSPS) is 26.1. The molecular weight excluding hydrogens is 344 g/mol. The Hall–Kier alpha value is -1.54. The number of carbonyl (C=O) groups is 1. The first kappa shape index (κ1) is 19.2. The fraction of sp³-hybridized carbons (Fsp3) is 0.778. The van der Waals surface area contributed by atoms with Crippen molar-refractivity contribution in [1.29, 1.82) is 0 Å². The van der Waals surface area contributed by atoms with Gasteiger partial charge in [-0.15, -0.1) is 0 Å². The summed E-state index contributed by atoms with van der Waals surface area (Å²) in [4.78, 5) is 14.4. The minimum absolute atomic E-state index is 0.0201. The van der Waals surface area contributed by atoms with Crippen LogP contribution in [0.4, 0.5) is 8.78 Å². The van der Waals surface area contributed by atoms with Crippen molar-refractivity contribution in [2.45, 2.75) is 63.8 Å². The van der Waals surface area contributed by atoms with Crippen LogP contribution >= 0.6 is 0 Å². The van der Waals surface area contributed by atoms with E-state index in [9.17, 15) is 18.7 Å². The molecule has 146 valence electrons. The zero-order valence-electron chi connectivity index (χ0n) is 15.5. The number of amides is 1. The predicted molar refractivity (Wildman–Crippen MR) is 91.0 cm³/mol. The molecule has 2 aliphatic rings. The zero-order valence-corrected chi connectivity index (χ0v) is 15.5. The Balaban J connectivity index is 1.67. The van der Waals surface area contributed by atoms with Crippen LogP contribution in [0.25, 0.3) is 0 Å². The highest BCUT2D eigenvalue weighted by atomic mass is 19.3. The lowest BCUT2D eigenvalue weighted by atomic mass is 9.80. The highest BCUT2D eigenvalue weighted by Gasteiger charge is 2.44. The van der Waals surface area contributed by atoms with E-state index >= 15 is 0 Å². The molecule has 0 aromatic carbocycles. The molecular formula is C18H27F2N3O3. The SMILES string of the molecule is CC(C)[C@H]1C[C@@H](O)CC2(CCN(C(=O)c3cc(C(F)F)nn3C)CC2)O1. The number of hydrogen-bond acceptors (Lipinski definition) is 4. The van der Waals surface area contributed by atoms with Crippen molar-refractivity contribution >= 4 is 5.91 Å². The van der Waals surface area contributed by atoms with E-state index in [2.05, 4.69) is 18.9 Å². The summed E-state index contributed by atoms with van der Waals surface area (Å²) in [5, 5.41) is 14.0. The van der Waals surface area contributed by atoms with E-state index in [0.29, 0.717) is 44.7 Å². The van der Waals surface area contributed by atoms with E-state index in [1.807, 2.05) is 0 Å². The molecule has 0 saturated carbocycles. The average Bonchev–Trinajstić information content (AvgIpc) is 2.96. The molecule has 2 fully saturated rings. The van der Waals surface area contributed by atoms with Crippen LogP contribution in [0.15, 0.2) is 6.07 Å². The number of aliphatic hydroxyl groups excluding tert-OH is 1. The molecule has 0 bridgehead atoms. The summed E-state index contributed by atoms with van der Waals surface area (Å²) in [6.07, 6.45) is -0.558. The lowest BCUT2D eigenvalue weighted by Crippen LogP contribution is -2.54. The van der Waals surface area contributed by atoms with Gasteiger partial charge in [0.1, 0.15) is 11.4 Å². The number of rotatable bonds is 3. The number of carbonyl (C=O) groups excluding carboxylic acids is 1. The summed E-state index contributed by atoms with van der Waals surface area (Å²) in [6.45, 7) is 5.12. The van der Waals surface area contributed by atoms with Crippen LogP contribution in [0, 0.1) is 5.92 Å². The third-order valence-corrected chi connectivity index (χ3v) is 5.56. The van der Waals surface area contributed by atoms with Gasteiger partial charge in [-0.05, 0) is 31.2 Å². The topological polar surface area (TPSA) is 67.6 Å². The lowest BCUT2D eigenvalue weighted by molar-refractivity contribution is -0.190. The first-order chi connectivity index (χ1) is 12.2. The van der Waals surface area contributed by atoms with Gasteiger partial charge in [-0.1, -0.05) is 13.8 Å². The van der Waals surface area contributed by atoms with Gasteiger partial charge in [0, 0.05) is 26.6 Å². The lowest BCUT2D eigenvalue weighted by Gasteiger charge is -2.48. The second-order valence-electron chi connectivity index (χ2n) is 7.85. The number of nitrogens with zero attached hydrogens (tertiary/aromatic N) is 3. The Morgan fingerprint density at radius 1 is 1.38 bits per heavy atom. The van der Waals surface area contributed by atoms with Crippen molar-refractivity contribution in [2.75, 3.05) is 13.1 Å². The molecule has 1 N–H and O–H groups in total. The summed E-state index contributed by atoms with van der Waals surface area (Å²) in [6, 6.07) is 1.16. The van der Waals surface area contributed by atoms with Crippen molar-refractivity contribution < 1.29 is 23.4 Å². The van der Waals surface area contributed by atoms with E-state index < -0.39 is 12.0 Å². The third-order valence-electron chi connectivity index (χ3n) is 5.56. The number of alkyl halides is 2. The molecule has 2 atom stereocenters. The van der Waals surface area contributed by atoms with Gasteiger partial charge in [0.2, 0.25) is 0 Å². The number of aryl methyl sites for hydroxylation is 1. The van der Waals surface area contributed by atoms with E-state index in [1.54, 1.807) is 4.90 Å². The molecule has 1 aromatic rings. The number of aromatic nitrogens is 2. The minimum atomic E-state index is -2.70. The van der Waals surface area contributed by atoms with Gasteiger partial charge in [-0.3, -0.25) is 9.48 Å². The van der Waals surface area contributed by atoms with Gasteiger partial charge >= 0.3 is 0 Å². The van der Waals surface area contributed by atoms with Gasteiger partial charge < -0.3 is 14.7 Å². The van der Waals surface area contributed by atoms with Crippen molar-refractivity contribution in [3.05, 3.63) is 17.5 Å². The molecule has 2 aliphatic heterocycles. The number of likely N-dealkylation sites (tertiary alicyclic amines) is 1. The maximum absolute atomic E-state index is 12.8. The Morgan fingerprint density at radius 2 is 2.04 bits per heavy atom. The van der Waals surface area contributed by atoms with Crippen molar-refractivity contribution in [3.63, 3.8) is 0 Å². The molecule has 6 nitrogen and oxygen atoms in total. The van der Waals surface area contributed by atoms with Crippen LogP contribution in [-0.4, -0.2) is 56.6 Å². The van der Waals surface area contributed by atoms with E-state index in [0.717, 1.165) is 6.07 Å². The molecule has 26 heavy (non-hydrogen) atoms. The molecule has 0 aliphatic carbocycles. The van der Waals surface area contributed by atoms with Gasteiger partial charge in [-0.25, -0.2) is 8.78 Å².